The number of nitrogens with two attached hydrogens (primary N) is 1. The summed E-state index contributed by atoms with van der Waals surface area (Å²) < 4.78 is 40.1. The van der Waals surface area contributed by atoms with Gasteiger partial charge in [-0.1, -0.05) is 13.8 Å². The number of nitrogens with zero attached hydrogens (tertiary/aromatic N) is 2. The van der Waals surface area contributed by atoms with Crippen LogP contribution in [-0.2, 0) is 13.2 Å². The van der Waals surface area contributed by atoms with Crippen molar-refractivity contribution in [3.8, 4) is 11.3 Å². The first-order chi connectivity index (χ1) is 12.0. The largest absolute Gasteiger partial charge is 0.432 e. The van der Waals surface area contributed by atoms with Crippen molar-refractivity contribution in [1.29, 1.82) is 0 Å². The van der Waals surface area contributed by atoms with Crippen molar-refractivity contribution in [2.75, 3.05) is 6.54 Å². The molecule has 0 aliphatic carbocycles. The maximum absolute atomic E-state index is 13.0. The van der Waals surface area contributed by atoms with Crippen LogP contribution in [0.15, 0.2) is 41.6 Å². The van der Waals surface area contributed by atoms with E-state index in [-0.39, 0.29) is 0 Å². The van der Waals surface area contributed by atoms with E-state index in [0.29, 0.717) is 27.6 Å². The molecule has 3 N–H and O–H groups in total. The van der Waals surface area contributed by atoms with Crippen molar-refractivity contribution < 1.29 is 13.2 Å². The van der Waals surface area contributed by atoms with Gasteiger partial charge in [0.05, 0.1) is 5.69 Å². The van der Waals surface area contributed by atoms with Crippen LogP contribution in [0.25, 0.3) is 11.3 Å². The lowest BCUT2D eigenvalue weighted by Gasteiger charge is -2.10. The second kappa shape index (κ2) is 9.68. The highest BCUT2D eigenvalue weighted by molar-refractivity contribution is 7.80. The molecule has 0 bridgehead atoms. The third-order valence-electron chi connectivity index (χ3n) is 3.35. The first-order valence-electron chi connectivity index (χ1n) is 8.07. The summed E-state index contributed by atoms with van der Waals surface area (Å²) in [6.07, 6.45) is -1.37. The van der Waals surface area contributed by atoms with E-state index in [1.54, 1.807) is 31.3 Å². The molecule has 4 nitrogen and oxygen atoms in total. The van der Waals surface area contributed by atoms with Gasteiger partial charge in [-0.2, -0.15) is 13.2 Å². The lowest BCUT2D eigenvalue weighted by Crippen LogP contribution is -2.11. The summed E-state index contributed by atoms with van der Waals surface area (Å²) in [6.45, 7) is 6.62. The van der Waals surface area contributed by atoms with Crippen LogP contribution in [0.1, 0.15) is 25.1 Å². The number of aromatic amines is 1. The smallest absolute Gasteiger partial charge is 0.330 e. The molecule has 0 saturated carbocycles. The van der Waals surface area contributed by atoms with Crippen molar-refractivity contribution in [3.05, 3.63) is 47.9 Å². The van der Waals surface area contributed by atoms with Crippen molar-refractivity contribution in [2.45, 2.75) is 31.8 Å². The normalized spacial score (nSPS) is 11.0. The van der Waals surface area contributed by atoms with Crippen LogP contribution in [0, 0.1) is 12.8 Å². The molecule has 8 heteroatoms. The van der Waals surface area contributed by atoms with E-state index in [9.17, 15) is 13.2 Å². The molecule has 0 aliphatic rings. The van der Waals surface area contributed by atoms with Crippen LogP contribution >= 0.6 is 12.6 Å². The average Bonchev–Trinajstić information content (AvgIpc) is 2.54. The average molecular weight is 386 g/mol. The van der Waals surface area contributed by atoms with Gasteiger partial charge in [-0.3, -0.25) is 14.8 Å². The molecule has 26 heavy (non-hydrogen) atoms. The van der Waals surface area contributed by atoms with Crippen LogP contribution in [0.3, 0.4) is 0 Å². The molecule has 2 aromatic heterocycles. The Labute approximate surface area is 157 Å². The highest BCUT2D eigenvalue weighted by atomic mass is 32.1. The number of pyridine rings is 1. The molecular formula is C18H25F3N4S. The standard InChI is InChI=1S/C14H14F3N3S.C4H11N/c1-9-7-13(14(15,16)17)19-20(2)6-5-11(9)12-4-3-10(21)8-18-12;1-4(2)3-5/h3-8,19,21H,1-2H3;4H,3,5H2,1-2H3. The fraction of sp³-hybridized carbons (Fsp3) is 0.389. The van der Waals surface area contributed by atoms with Gasteiger partial charge in [0.2, 0.25) is 0 Å². The Bertz CT molecular complexity index is 745. The molecular weight excluding hydrogens is 361 g/mol. The Morgan fingerprint density at radius 2 is 1.88 bits per heavy atom. The van der Waals surface area contributed by atoms with E-state index in [1.807, 2.05) is 0 Å². The molecule has 0 aromatic carbocycles. The summed E-state index contributed by atoms with van der Waals surface area (Å²) in [6, 6.07) is 6.26. The van der Waals surface area contributed by atoms with E-state index in [2.05, 4.69) is 36.6 Å². The van der Waals surface area contributed by atoms with Gasteiger partial charge in [-0.05, 0) is 49.2 Å². The van der Waals surface area contributed by atoms with Crippen molar-refractivity contribution >= 4 is 12.6 Å². The van der Waals surface area contributed by atoms with Gasteiger partial charge in [0, 0.05) is 29.9 Å². The molecule has 2 heterocycles. The molecule has 0 radical (unpaired) electrons. The van der Waals surface area contributed by atoms with Crippen LogP contribution < -0.4 is 5.73 Å². The predicted octanol–water partition coefficient (Wildman–Crippen LogP) is 4.76. The van der Waals surface area contributed by atoms with E-state index >= 15 is 0 Å². The summed E-state index contributed by atoms with van der Waals surface area (Å²) in [7, 11) is 1.50. The Morgan fingerprint density at radius 3 is 2.35 bits per heavy atom. The number of aromatic nitrogens is 3. The zero-order chi connectivity index (χ0) is 19.9. The fourth-order valence-corrected chi connectivity index (χ4v) is 1.98. The minimum atomic E-state index is -4.45. The molecule has 0 aliphatic heterocycles. The Balaban J connectivity index is 0.000000597. The minimum absolute atomic E-state index is 0.471. The molecule has 0 spiro atoms. The second-order valence-electron chi connectivity index (χ2n) is 6.22. The van der Waals surface area contributed by atoms with E-state index in [0.717, 1.165) is 12.6 Å². The zero-order valence-electron chi connectivity index (χ0n) is 15.3. The molecule has 0 atom stereocenters. The monoisotopic (exact) mass is 386 g/mol. The Morgan fingerprint density at radius 1 is 1.27 bits per heavy atom. The number of halogens is 3. The summed E-state index contributed by atoms with van der Waals surface area (Å²) >= 11 is 4.15. The number of nitrogens with one attached hydrogen (secondary N) is 1. The SMILES string of the molecule is CC(C)CN.Cc1cc(C(F)(F)F)[nH]n(C)ccc1-c1ccc(S)cn1. The summed E-state index contributed by atoms with van der Waals surface area (Å²) in [5, 5.41) is 2.29. The molecule has 2 aromatic rings. The molecule has 0 fully saturated rings. The van der Waals surface area contributed by atoms with Gasteiger partial charge in [0.25, 0.3) is 0 Å². The van der Waals surface area contributed by atoms with Gasteiger partial charge in [-0.25, -0.2) is 0 Å². The van der Waals surface area contributed by atoms with Crippen LogP contribution in [-0.4, -0.2) is 21.3 Å². The van der Waals surface area contributed by atoms with Gasteiger partial charge in [0.15, 0.2) is 0 Å². The van der Waals surface area contributed by atoms with Crippen molar-refractivity contribution in [1.82, 2.24) is 14.8 Å². The molecule has 2 rings (SSSR count). The highest BCUT2D eigenvalue weighted by Gasteiger charge is 2.31. The van der Waals surface area contributed by atoms with Crippen molar-refractivity contribution in [3.63, 3.8) is 0 Å². The summed E-state index contributed by atoms with van der Waals surface area (Å²) in [5.41, 5.74) is 6.03. The van der Waals surface area contributed by atoms with Crippen LogP contribution in [0.2, 0.25) is 0 Å². The molecule has 0 amide bonds. The minimum Gasteiger partial charge on any atom is -0.330 e. The van der Waals surface area contributed by atoms with Gasteiger partial charge in [0.1, 0.15) is 5.69 Å². The first-order valence-corrected chi connectivity index (χ1v) is 8.52. The van der Waals surface area contributed by atoms with E-state index < -0.39 is 11.9 Å². The number of rotatable bonds is 2. The fourth-order valence-electron chi connectivity index (χ4n) is 1.85. The third-order valence-corrected chi connectivity index (χ3v) is 3.61. The van der Waals surface area contributed by atoms with Crippen molar-refractivity contribution in [2.24, 2.45) is 18.7 Å². The summed E-state index contributed by atoms with van der Waals surface area (Å²) in [5.74, 6) is 0.662. The maximum Gasteiger partial charge on any atom is 0.432 e. The maximum atomic E-state index is 13.0. The number of hydrogen-bond donors (Lipinski definition) is 3. The first kappa shape index (κ1) is 22.1. The Kier molecular flexibility index (Phi) is 8.23. The number of alkyl halides is 3. The number of H-pyrrole nitrogens is 1. The third kappa shape index (κ3) is 7.13. The number of aryl methyl sites for hydroxylation is 2. The summed E-state index contributed by atoms with van der Waals surface area (Å²) in [4.78, 5) is 4.89. The molecule has 0 saturated heterocycles. The molecule has 0 unspecified atom stereocenters. The lowest BCUT2D eigenvalue weighted by atomic mass is 10.1. The van der Waals surface area contributed by atoms with Gasteiger partial charge in [-0.15, -0.1) is 12.6 Å². The molecule has 144 valence electrons. The highest BCUT2D eigenvalue weighted by Crippen LogP contribution is 2.29. The zero-order valence-corrected chi connectivity index (χ0v) is 16.2. The second-order valence-corrected chi connectivity index (χ2v) is 6.74. The van der Waals surface area contributed by atoms with Gasteiger partial charge >= 0.3 is 6.18 Å². The number of hydrogen-bond acceptors (Lipinski definition) is 3. The number of thiol groups is 1. The van der Waals surface area contributed by atoms with Gasteiger partial charge < -0.3 is 5.73 Å². The van der Waals surface area contributed by atoms with Crippen LogP contribution in [0.5, 0.6) is 0 Å². The Hall–Kier alpha value is -1.93. The van der Waals surface area contributed by atoms with E-state index in [4.69, 9.17) is 5.73 Å². The van der Waals surface area contributed by atoms with E-state index in [1.165, 1.54) is 17.9 Å². The lowest BCUT2D eigenvalue weighted by molar-refractivity contribution is -0.142. The topological polar surface area (TPSA) is 59.6 Å². The predicted molar refractivity (Wildman–Crippen MR) is 102 cm³/mol. The van der Waals surface area contributed by atoms with Crippen LogP contribution in [0.4, 0.5) is 13.2 Å². The quantitative estimate of drug-likeness (QED) is 0.652.